The van der Waals surface area contributed by atoms with Gasteiger partial charge >= 0.3 is 0 Å². The third-order valence-electron chi connectivity index (χ3n) is 10.9. The van der Waals surface area contributed by atoms with Gasteiger partial charge in [-0.15, -0.1) is 0 Å². The van der Waals surface area contributed by atoms with Crippen LogP contribution in [0.1, 0.15) is 115 Å². The SMILES string of the molecule is CC.Cc1cc(C)cc(C2(c3cc(C)cc(C)c3)C(C)CC(C)C(c3cc(C)cc(C)c3)(c3cc(C)cc(C)c3)C2(C)C)c1. The third-order valence-corrected chi connectivity index (χ3v) is 10.9. The molecular weight excluding hydrogens is 528 g/mol. The summed E-state index contributed by atoms with van der Waals surface area (Å²) in [6.45, 7) is 32.5. The van der Waals surface area contributed by atoms with Crippen molar-refractivity contribution in [2.45, 2.75) is 114 Å². The molecule has 0 heteroatoms. The Bertz CT molecular complexity index is 1340. The molecule has 1 aliphatic rings. The van der Waals surface area contributed by atoms with Crippen molar-refractivity contribution in [3.05, 3.63) is 140 Å². The lowest BCUT2D eigenvalue weighted by Gasteiger charge is -2.67. The molecule has 2 unspecified atom stereocenters. The molecule has 0 aromatic heterocycles. The van der Waals surface area contributed by atoms with Crippen LogP contribution in [-0.4, -0.2) is 0 Å². The Labute approximate surface area is 270 Å². The molecule has 0 bridgehead atoms. The molecule has 0 nitrogen and oxygen atoms in total. The Balaban J connectivity index is 0.00000216. The average molecular weight is 587 g/mol. The lowest BCUT2D eigenvalue weighted by atomic mass is 9.35. The maximum atomic E-state index is 2.61. The highest BCUT2D eigenvalue weighted by molar-refractivity contribution is 5.57. The van der Waals surface area contributed by atoms with E-state index >= 15 is 0 Å². The highest BCUT2D eigenvalue weighted by Gasteiger charge is 2.67. The molecule has 1 saturated carbocycles. The molecule has 0 spiro atoms. The summed E-state index contributed by atoms with van der Waals surface area (Å²) in [5, 5.41) is 0. The molecule has 5 rings (SSSR count). The van der Waals surface area contributed by atoms with Crippen LogP contribution >= 0.6 is 0 Å². The van der Waals surface area contributed by atoms with Gasteiger partial charge < -0.3 is 0 Å². The number of rotatable bonds is 4. The van der Waals surface area contributed by atoms with E-state index in [0.717, 1.165) is 6.42 Å². The standard InChI is InChI=1S/C42H52.C2H6/c1-26-13-27(2)18-36(17-26)41(37-19-28(3)14-29(4)20-37)34(9)25-35(10)42(40(41,11)12,38-21-30(5)15-31(6)22-38)39-23-32(7)16-33(8)24-39;1-2/h13-24,34-35H,25H2,1-12H3;1-2H3. The van der Waals surface area contributed by atoms with Crippen LogP contribution < -0.4 is 0 Å². The van der Waals surface area contributed by atoms with E-state index in [0.29, 0.717) is 11.8 Å². The molecule has 0 aliphatic heterocycles. The molecule has 1 fully saturated rings. The molecule has 4 aromatic carbocycles. The summed E-state index contributed by atoms with van der Waals surface area (Å²) >= 11 is 0. The molecule has 4 aromatic rings. The second-order valence-corrected chi connectivity index (χ2v) is 14.8. The second kappa shape index (κ2) is 12.3. The quantitative estimate of drug-likeness (QED) is 0.223. The van der Waals surface area contributed by atoms with Crippen LogP contribution in [0, 0.1) is 72.6 Å². The van der Waals surface area contributed by atoms with Crippen molar-refractivity contribution < 1.29 is 0 Å². The number of hydrogen-bond donors (Lipinski definition) is 0. The van der Waals surface area contributed by atoms with Crippen LogP contribution in [-0.2, 0) is 10.8 Å². The second-order valence-electron chi connectivity index (χ2n) is 14.8. The van der Waals surface area contributed by atoms with Crippen LogP contribution in [0.5, 0.6) is 0 Å². The molecule has 0 N–H and O–H groups in total. The molecule has 0 amide bonds. The van der Waals surface area contributed by atoms with E-state index in [9.17, 15) is 0 Å². The zero-order chi connectivity index (χ0) is 32.8. The van der Waals surface area contributed by atoms with E-state index < -0.39 is 0 Å². The summed E-state index contributed by atoms with van der Waals surface area (Å²) in [4.78, 5) is 0. The van der Waals surface area contributed by atoms with Crippen LogP contribution in [0.3, 0.4) is 0 Å². The minimum atomic E-state index is -0.220. The Morgan fingerprint density at radius 1 is 0.386 bits per heavy atom. The van der Waals surface area contributed by atoms with Crippen LogP contribution in [0.25, 0.3) is 0 Å². The Morgan fingerprint density at radius 2 is 0.568 bits per heavy atom. The molecular formula is C44H58. The zero-order valence-corrected chi connectivity index (χ0v) is 30.3. The van der Waals surface area contributed by atoms with E-state index in [1.807, 2.05) is 13.8 Å². The fraction of sp³-hybridized carbons (Fsp3) is 0.455. The maximum absolute atomic E-state index is 2.61. The maximum Gasteiger partial charge on any atom is 0.0291 e. The van der Waals surface area contributed by atoms with Crippen molar-refractivity contribution in [1.82, 2.24) is 0 Å². The summed E-state index contributed by atoms with van der Waals surface area (Å²) in [5.41, 5.74) is 16.0. The molecule has 1 aliphatic carbocycles. The molecule has 0 radical (unpaired) electrons. The Hall–Kier alpha value is -3.12. The minimum absolute atomic E-state index is 0.196. The van der Waals surface area contributed by atoms with E-state index in [2.05, 4.69) is 156 Å². The van der Waals surface area contributed by atoms with Gasteiger partial charge in [0, 0.05) is 10.8 Å². The first-order valence-corrected chi connectivity index (χ1v) is 17.0. The van der Waals surface area contributed by atoms with E-state index in [-0.39, 0.29) is 16.2 Å². The molecule has 0 saturated heterocycles. The van der Waals surface area contributed by atoms with Gasteiger partial charge in [-0.2, -0.15) is 0 Å². The van der Waals surface area contributed by atoms with Crippen molar-refractivity contribution in [2.24, 2.45) is 17.3 Å². The lowest BCUT2D eigenvalue weighted by Crippen LogP contribution is -2.65. The normalized spacial score (nSPS) is 20.0. The smallest absolute Gasteiger partial charge is 0.0291 e. The highest BCUT2D eigenvalue weighted by Crippen LogP contribution is 2.70. The highest BCUT2D eigenvalue weighted by atomic mass is 14.7. The van der Waals surface area contributed by atoms with E-state index in [1.165, 1.54) is 66.8 Å². The van der Waals surface area contributed by atoms with E-state index in [1.54, 1.807) is 0 Å². The van der Waals surface area contributed by atoms with Crippen molar-refractivity contribution in [3.8, 4) is 0 Å². The predicted octanol–water partition coefficient (Wildman–Crippen LogP) is 12.2. The van der Waals surface area contributed by atoms with Gasteiger partial charge in [0.2, 0.25) is 0 Å². The fourth-order valence-corrected chi connectivity index (χ4v) is 10.2. The number of aryl methyl sites for hydroxylation is 8. The van der Waals surface area contributed by atoms with Gasteiger partial charge in [0.25, 0.3) is 0 Å². The lowest BCUT2D eigenvalue weighted by molar-refractivity contribution is -0.0327. The van der Waals surface area contributed by atoms with Gasteiger partial charge in [0.1, 0.15) is 0 Å². The minimum Gasteiger partial charge on any atom is -0.0683 e. The third kappa shape index (κ3) is 5.27. The molecule has 0 heterocycles. The fourth-order valence-electron chi connectivity index (χ4n) is 10.2. The van der Waals surface area contributed by atoms with Crippen molar-refractivity contribution in [3.63, 3.8) is 0 Å². The molecule has 234 valence electrons. The first-order chi connectivity index (χ1) is 20.6. The van der Waals surface area contributed by atoms with Crippen molar-refractivity contribution in [1.29, 1.82) is 0 Å². The molecule has 2 atom stereocenters. The zero-order valence-electron chi connectivity index (χ0n) is 30.3. The van der Waals surface area contributed by atoms with Crippen molar-refractivity contribution in [2.75, 3.05) is 0 Å². The van der Waals surface area contributed by atoms with Gasteiger partial charge in [-0.1, -0.05) is 159 Å². The topological polar surface area (TPSA) is 0 Å². The van der Waals surface area contributed by atoms with Crippen LogP contribution in [0.4, 0.5) is 0 Å². The summed E-state index contributed by atoms with van der Waals surface area (Å²) in [6.07, 6.45) is 1.14. The van der Waals surface area contributed by atoms with Gasteiger partial charge in [-0.3, -0.25) is 0 Å². The average Bonchev–Trinajstić information content (AvgIpc) is 2.87. The monoisotopic (exact) mass is 586 g/mol. The van der Waals surface area contributed by atoms with Crippen LogP contribution in [0.2, 0.25) is 0 Å². The first kappa shape index (κ1) is 33.8. The summed E-state index contributed by atoms with van der Waals surface area (Å²) < 4.78 is 0. The van der Waals surface area contributed by atoms with Gasteiger partial charge in [0.05, 0.1) is 0 Å². The first-order valence-electron chi connectivity index (χ1n) is 17.0. The Morgan fingerprint density at radius 3 is 0.750 bits per heavy atom. The van der Waals surface area contributed by atoms with Gasteiger partial charge in [-0.05, 0) is 101 Å². The number of hydrogen-bond acceptors (Lipinski definition) is 0. The summed E-state index contributed by atoms with van der Waals surface area (Å²) in [7, 11) is 0. The van der Waals surface area contributed by atoms with Crippen molar-refractivity contribution >= 4 is 0 Å². The largest absolute Gasteiger partial charge is 0.0683 e. The van der Waals surface area contributed by atoms with Crippen LogP contribution in [0.15, 0.2) is 72.8 Å². The number of benzene rings is 4. The molecule has 44 heavy (non-hydrogen) atoms. The predicted molar refractivity (Wildman–Crippen MR) is 193 cm³/mol. The van der Waals surface area contributed by atoms with Gasteiger partial charge in [0.15, 0.2) is 0 Å². The summed E-state index contributed by atoms with van der Waals surface area (Å²) in [5.74, 6) is 0.879. The van der Waals surface area contributed by atoms with E-state index in [4.69, 9.17) is 0 Å². The summed E-state index contributed by atoms with van der Waals surface area (Å²) in [6, 6.07) is 29.4. The Kier molecular flexibility index (Phi) is 9.47. The van der Waals surface area contributed by atoms with Gasteiger partial charge in [-0.25, -0.2) is 0 Å².